The van der Waals surface area contributed by atoms with Crippen molar-refractivity contribution < 1.29 is 29.6 Å². The van der Waals surface area contributed by atoms with Gasteiger partial charge in [0.15, 0.2) is 0 Å². The van der Waals surface area contributed by atoms with Crippen molar-refractivity contribution in [3.05, 3.63) is 69.8 Å². The number of hydrogen-bond donors (Lipinski definition) is 3. The second-order valence-electron chi connectivity index (χ2n) is 5.79. The van der Waals surface area contributed by atoms with Gasteiger partial charge in [0.25, 0.3) is 5.69 Å². The molecule has 0 aliphatic rings. The van der Waals surface area contributed by atoms with Crippen molar-refractivity contribution in [1.29, 1.82) is 0 Å². The number of carboxylic acid groups (broad SMARTS) is 2. The summed E-state index contributed by atoms with van der Waals surface area (Å²) in [6.07, 6.45) is 3.20. The first-order valence-corrected chi connectivity index (χ1v) is 8.25. The van der Waals surface area contributed by atoms with Crippen LogP contribution in [-0.4, -0.2) is 33.1 Å². The van der Waals surface area contributed by atoms with Crippen LogP contribution >= 0.6 is 0 Å². The lowest BCUT2D eigenvalue weighted by Gasteiger charge is -2.14. The molecule has 0 spiro atoms. The zero-order chi connectivity index (χ0) is 20.5. The molecule has 0 amide bonds. The zero-order valence-electron chi connectivity index (χ0n) is 14.6. The lowest BCUT2D eigenvalue weighted by Crippen LogP contribution is -2.39. The Balaban J connectivity index is 1.92. The van der Waals surface area contributed by atoms with Gasteiger partial charge in [-0.25, -0.2) is 0 Å². The van der Waals surface area contributed by atoms with E-state index in [0.717, 1.165) is 11.1 Å². The number of rotatable bonds is 10. The van der Waals surface area contributed by atoms with Gasteiger partial charge in [-0.05, 0) is 41.8 Å². The summed E-state index contributed by atoms with van der Waals surface area (Å²) in [4.78, 5) is 37.0. The van der Waals surface area contributed by atoms with Crippen LogP contribution in [0.4, 0.5) is 5.69 Å². The van der Waals surface area contributed by atoms with Gasteiger partial charge in [-0.2, -0.15) is 0 Å². The monoisotopic (exact) mass is 386 g/mol. The molecule has 28 heavy (non-hydrogen) atoms. The molecular formula is C19H18N2O7. The summed E-state index contributed by atoms with van der Waals surface area (Å²) >= 11 is 0. The first kappa shape index (κ1) is 20.6. The van der Waals surface area contributed by atoms with Gasteiger partial charge in [-0.3, -0.25) is 19.7 Å². The minimum atomic E-state index is -1.20. The Kier molecular flexibility index (Phi) is 7.23. The van der Waals surface area contributed by atoms with Crippen LogP contribution < -0.4 is 10.3 Å². The number of hydroxylamine groups is 1. The Morgan fingerprint density at radius 3 is 2.04 bits per heavy atom. The zero-order valence-corrected chi connectivity index (χ0v) is 14.6. The fourth-order valence-corrected chi connectivity index (χ4v) is 2.19. The maximum Gasteiger partial charge on any atom is 0.324 e. The number of nitro benzene ring substituents is 1. The maximum atomic E-state index is 11.1. The van der Waals surface area contributed by atoms with Gasteiger partial charge in [-0.1, -0.05) is 24.3 Å². The molecule has 0 aliphatic carbocycles. The molecular weight excluding hydrogens is 368 g/mol. The molecule has 1 atom stereocenters. The molecule has 9 heteroatoms. The van der Waals surface area contributed by atoms with E-state index in [1.54, 1.807) is 42.5 Å². The molecule has 0 bridgehead atoms. The molecule has 2 aromatic carbocycles. The fraction of sp³-hybridized carbons (Fsp3) is 0.158. The molecule has 0 aliphatic heterocycles. The Morgan fingerprint density at radius 1 is 1.04 bits per heavy atom. The van der Waals surface area contributed by atoms with E-state index >= 15 is 0 Å². The number of non-ortho nitro benzene ring substituents is 1. The molecule has 0 fully saturated rings. The second kappa shape index (κ2) is 9.83. The smallest absolute Gasteiger partial charge is 0.324 e. The van der Waals surface area contributed by atoms with E-state index in [2.05, 4.69) is 5.48 Å². The van der Waals surface area contributed by atoms with Crippen LogP contribution in [0.5, 0.6) is 5.75 Å². The predicted octanol–water partition coefficient (Wildman–Crippen LogP) is 2.97. The molecule has 2 aromatic rings. The summed E-state index contributed by atoms with van der Waals surface area (Å²) in [6, 6.07) is 11.7. The van der Waals surface area contributed by atoms with Crippen LogP contribution in [0.25, 0.3) is 12.2 Å². The lowest BCUT2D eigenvalue weighted by molar-refractivity contribution is -0.384. The van der Waals surface area contributed by atoms with E-state index < -0.39 is 22.9 Å². The second-order valence-corrected chi connectivity index (χ2v) is 5.79. The van der Waals surface area contributed by atoms with E-state index in [0.29, 0.717) is 5.75 Å². The summed E-state index contributed by atoms with van der Waals surface area (Å²) in [5, 5.41) is 28.3. The van der Waals surface area contributed by atoms with Gasteiger partial charge in [0.05, 0.1) is 4.92 Å². The van der Waals surface area contributed by atoms with Gasteiger partial charge in [0.1, 0.15) is 11.8 Å². The third-order valence-electron chi connectivity index (χ3n) is 3.72. The number of hydrogen-bond acceptors (Lipinski definition) is 6. The molecule has 0 saturated heterocycles. The third kappa shape index (κ3) is 6.54. The number of aliphatic carboxylic acids is 2. The predicted molar refractivity (Wildman–Crippen MR) is 101 cm³/mol. The first-order valence-electron chi connectivity index (χ1n) is 8.25. The average Bonchev–Trinajstić information content (AvgIpc) is 2.67. The highest BCUT2D eigenvalue weighted by molar-refractivity contribution is 5.75. The van der Waals surface area contributed by atoms with Gasteiger partial charge in [0.2, 0.25) is 0 Å². The topological polar surface area (TPSA) is 139 Å². The van der Waals surface area contributed by atoms with Crippen molar-refractivity contribution in [3.8, 4) is 5.75 Å². The van der Waals surface area contributed by atoms with E-state index in [1.807, 2.05) is 6.08 Å². The molecule has 0 saturated carbocycles. The molecule has 3 N–H and O–H groups in total. The quantitative estimate of drug-likeness (QED) is 0.322. The third-order valence-corrected chi connectivity index (χ3v) is 3.72. The highest BCUT2D eigenvalue weighted by Gasteiger charge is 2.19. The normalized spacial score (nSPS) is 11.9. The molecule has 0 unspecified atom stereocenters. The van der Waals surface area contributed by atoms with Crippen LogP contribution in [0, 0.1) is 10.1 Å². The van der Waals surface area contributed by atoms with Crippen LogP contribution in [0.1, 0.15) is 24.0 Å². The summed E-state index contributed by atoms with van der Waals surface area (Å²) in [7, 11) is 0. The number of nitrogens with one attached hydrogen (secondary N) is 1. The highest BCUT2D eigenvalue weighted by atomic mass is 16.6. The first-order chi connectivity index (χ1) is 13.3. The fourth-order valence-electron chi connectivity index (χ4n) is 2.19. The molecule has 146 valence electrons. The minimum absolute atomic E-state index is 0.0224. The maximum absolute atomic E-state index is 11.1. The summed E-state index contributed by atoms with van der Waals surface area (Å²) in [6.45, 7) is 0. The molecule has 0 aromatic heterocycles. The van der Waals surface area contributed by atoms with Crippen molar-refractivity contribution >= 4 is 29.8 Å². The van der Waals surface area contributed by atoms with Crippen molar-refractivity contribution in [2.75, 3.05) is 0 Å². The highest BCUT2D eigenvalue weighted by Crippen LogP contribution is 2.16. The lowest BCUT2D eigenvalue weighted by atomic mass is 10.1. The van der Waals surface area contributed by atoms with E-state index in [1.165, 1.54) is 12.1 Å². The van der Waals surface area contributed by atoms with E-state index in [-0.39, 0.29) is 18.5 Å². The molecule has 0 heterocycles. The van der Waals surface area contributed by atoms with E-state index in [9.17, 15) is 19.7 Å². The van der Waals surface area contributed by atoms with Gasteiger partial charge < -0.3 is 15.1 Å². The van der Waals surface area contributed by atoms with Gasteiger partial charge in [0, 0.05) is 18.6 Å². The van der Waals surface area contributed by atoms with Crippen molar-refractivity contribution in [1.82, 2.24) is 5.48 Å². The summed E-state index contributed by atoms with van der Waals surface area (Å²) < 4.78 is 0. The number of carboxylic acids is 2. The van der Waals surface area contributed by atoms with Gasteiger partial charge in [-0.15, -0.1) is 5.48 Å². The minimum Gasteiger partial charge on any atom is -0.481 e. The number of benzene rings is 2. The van der Waals surface area contributed by atoms with Crippen LogP contribution in [0.15, 0.2) is 48.5 Å². The van der Waals surface area contributed by atoms with Gasteiger partial charge >= 0.3 is 11.9 Å². The Labute approximate surface area is 160 Å². The molecule has 0 radical (unpaired) electrons. The van der Waals surface area contributed by atoms with E-state index in [4.69, 9.17) is 15.1 Å². The summed E-state index contributed by atoms with van der Waals surface area (Å²) in [5.74, 6) is -1.92. The number of nitrogens with zero attached hydrogens (tertiary/aromatic N) is 1. The molecule has 2 rings (SSSR count). The largest absolute Gasteiger partial charge is 0.481 e. The Bertz CT molecular complexity index is 861. The Morgan fingerprint density at radius 2 is 1.57 bits per heavy atom. The number of nitro groups is 1. The van der Waals surface area contributed by atoms with Crippen LogP contribution in [0.3, 0.4) is 0 Å². The van der Waals surface area contributed by atoms with Crippen molar-refractivity contribution in [2.24, 2.45) is 0 Å². The van der Waals surface area contributed by atoms with Crippen LogP contribution in [-0.2, 0) is 9.59 Å². The standard InChI is InChI=1S/C19H18N2O7/c22-18(23)12-11-17(19(24)25)20-28-16-9-5-14(6-10-16)2-1-13-3-7-15(8-4-13)21(26)27/h1-10,17,20H,11-12H2,(H,22,23)(H,24,25)/t17-/m0/s1. The average molecular weight is 386 g/mol. The summed E-state index contributed by atoms with van der Waals surface area (Å²) in [5.41, 5.74) is 4.01. The Hall–Kier alpha value is -3.72. The van der Waals surface area contributed by atoms with Crippen molar-refractivity contribution in [2.45, 2.75) is 18.9 Å². The van der Waals surface area contributed by atoms with Crippen molar-refractivity contribution in [3.63, 3.8) is 0 Å². The van der Waals surface area contributed by atoms with Crippen LogP contribution in [0.2, 0.25) is 0 Å². The molecule has 9 nitrogen and oxygen atoms in total. The number of carbonyl (C=O) groups is 2. The SMILES string of the molecule is O=C(O)CC[C@H](NOc1ccc(C=Cc2ccc([N+](=O)[O-])cc2)cc1)C(=O)O.